The van der Waals surface area contributed by atoms with E-state index in [1.807, 2.05) is 29.7 Å². The van der Waals surface area contributed by atoms with Gasteiger partial charge in [-0.3, -0.25) is 4.79 Å². The molecular formula is C18H22N6OS. The topological polar surface area (TPSA) is 77.6 Å². The van der Waals surface area contributed by atoms with Crippen molar-refractivity contribution in [2.75, 3.05) is 11.1 Å². The normalized spacial score (nSPS) is 10.8. The van der Waals surface area contributed by atoms with Crippen LogP contribution in [0.5, 0.6) is 0 Å². The predicted octanol–water partition coefficient (Wildman–Crippen LogP) is 2.97. The summed E-state index contributed by atoms with van der Waals surface area (Å²) in [5, 5.41) is 16.2. The SMILES string of the molecule is CCCn1nccc1NC(=O)CSc1nnc(C)n1Cc1ccccc1. The Morgan fingerprint density at radius 1 is 1.19 bits per heavy atom. The Labute approximate surface area is 156 Å². The number of anilines is 1. The molecule has 1 N–H and O–H groups in total. The van der Waals surface area contributed by atoms with Gasteiger partial charge in [-0.2, -0.15) is 5.10 Å². The molecule has 136 valence electrons. The van der Waals surface area contributed by atoms with E-state index in [1.54, 1.807) is 16.9 Å². The number of hydrogen-bond acceptors (Lipinski definition) is 5. The summed E-state index contributed by atoms with van der Waals surface area (Å²) >= 11 is 1.38. The van der Waals surface area contributed by atoms with Crippen LogP contribution in [0, 0.1) is 6.92 Å². The zero-order valence-corrected chi connectivity index (χ0v) is 15.7. The van der Waals surface area contributed by atoms with Crippen LogP contribution in [-0.4, -0.2) is 36.2 Å². The molecule has 0 saturated carbocycles. The van der Waals surface area contributed by atoms with Crippen molar-refractivity contribution < 1.29 is 4.79 Å². The van der Waals surface area contributed by atoms with Crippen molar-refractivity contribution in [1.82, 2.24) is 24.5 Å². The highest BCUT2D eigenvalue weighted by atomic mass is 32.2. The van der Waals surface area contributed by atoms with Gasteiger partial charge in [0, 0.05) is 12.6 Å². The number of amides is 1. The number of rotatable bonds is 8. The van der Waals surface area contributed by atoms with Gasteiger partial charge in [0.05, 0.1) is 18.5 Å². The molecule has 0 spiro atoms. The summed E-state index contributed by atoms with van der Waals surface area (Å²) in [4.78, 5) is 12.3. The van der Waals surface area contributed by atoms with E-state index in [-0.39, 0.29) is 11.7 Å². The number of hydrogen-bond donors (Lipinski definition) is 1. The number of carbonyl (C=O) groups excluding carboxylic acids is 1. The molecule has 0 atom stereocenters. The third-order valence-corrected chi connectivity index (χ3v) is 4.80. The lowest BCUT2D eigenvalue weighted by atomic mass is 10.2. The average molecular weight is 370 g/mol. The van der Waals surface area contributed by atoms with Crippen molar-refractivity contribution in [2.24, 2.45) is 0 Å². The van der Waals surface area contributed by atoms with Crippen LogP contribution in [0.3, 0.4) is 0 Å². The fourth-order valence-corrected chi connectivity index (χ4v) is 3.34. The van der Waals surface area contributed by atoms with Gasteiger partial charge in [-0.05, 0) is 18.9 Å². The molecule has 26 heavy (non-hydrogen) atoms. The maximum Gasteiger partial charge on any atom is 0.235 e. The molecular weight excluding hydrogens is 348 g/mol. The number of aryl methyl sites for hydroxylation is 2. The number of aromatic nitrogens is 5. The van der Waals surface area contributed by atoms with Gasteiger partial charge in [0.15, 0.2) is 5.16 Å². The summed E-state index contributed by atoms with van der Waals surface area (Å²) in [6.45, 7) is 5.46. The van der Waals surface area contributed by atoms with Gasteiger partial charge >= 0.3 is 0 Å². The Balaban J connectivity index is 1.61. The van der Waals surface area contributed by atoms with Crippen LogP contribution in [-0.2, 0) is 17.9 Å². The van der Waals surface area contributed by atoms with Crippen molar-refractivity contribution in [2.45, 2.75) is 38.5 Å². The standard InChI is InChI=1S/C18H22N6OS/c1-3-11-24-16(9-10-19-24)20-17(25)13-26-18-22-21-14(2)23(18)12-15-7-5-4-6-8-15/h4-10H,3,11-13H2,1-2H3,(H,20,25). The number of nitrogens with one attached hydrogen (secondary N) is 1. The van der Waals surface area contributed by atoms with E-state index < -0.39 is 0 Å². The quantitative estimate of drug-likeness (QED) is 0.617. The third kappa shape index (κ3) is 4.51. The Morgan fingerprint density at radius 3 is 2.77 bits per heavy atom. The molecule has 3 aromatic rings. The fraction of sp³-hybridized carbons (Fsp3) is 0.333. The van der Waals surface area contributed by atoms with Gasteiger partial charge < -0.3 is 9.88 Å². The van der Waals surface area contributed by atoms with Crippen molar-refractivity contribution in [3.8, 4) is 0 Å². The molecule has 0 bridgehead atoms. The van der Waals surface area contributed by atoms with E-state index in [9.17, 15) is 4.79 Å². The first-order chi connectivity index (χ1) is 12.7. The molecule has 0 unspecified atom stereocenters. The highest BCUT2D eigenvalue weighted by Gasteiger charge is 2.13. The van der Waals surface area contributed by atoms with Gasteiger partial charge in [0.1, 0.15) is 11.6 Å². The molecule has 0 saturated heterocycles. The van der Waals surface area contributed by atoms with Crippen LogP contribution < -0.4 is 5.32 Å². The lowest BCUT2D eigenvalue weighted by Crippen LogP contribution is -2.18. The predicted molar refractivity (Wildman–Crippen MR) is 102 cm³/mol. The molecule has 1 aromatic carbocycles. The fourth-order valence-electron chi connectivity index (χ4n) is 2.55. The zero-order valence-electron chi connectivity index (χ0n) is 14.9. The maximum absolute atomic E-state index is 12.3. The Morgan fingerprint density at radius 2 is 2.00 bits per heavy atom. The van der Waals surface area contributed by atoms with Crippen LogP contribution in [0.15, 0.2) is 47.8 Å². The van der Waals surface area contributed by atoms with Gasteiger partial charge in [0.2, 0.25) is 5.91 Å². The number of benzene rings is 1. The van der Waals surface area contributed by atoms with E-state index in [2.05, 4.69) is 39.7 Å². The first-order valence-electron chi connectivity index (χ1n) is 8.55. The minimum Gasteiger partial charge on any atom is -0.310 e. The van der Waals surface area contributed by atoms with E-state index in [0.717, 1.165) is 29.8 Å². The maximum atomic E-state index is 12.3. The lowest BCUT2D eigenvalue weighted by Gasteiger charge is -2.09. The van der Waals surface area contributed by atoms with Crippen LogP contribution in [0.4, 0.5) is 5.82 Å². The van der Waals surface area contributed by atoms with Crippen LogP contribution in [0.25, 0.3) is 0 Å². The summed E-state index contributed by atoms with van der Waals surface area (Å²) in [5.74, 6) is 1.74. The number of carbonyl (C=O) groups is 1. The Kier molecular flexibility index (Phi) is 6.06. The summed E-state index contributed by atoms with van der Waals surface area (Å²) in [7, 11) is 0. The Bertz CT molecular complexity index is 858. The first-order valence-corrected chi connectivity index (χ1v) is 9.54. The van der Waals surface area contributed by atoms with Gasteiger partial charge in [0.25, 0.3) is 0 Å². The molecule has 0 aliphatic rings. The smallest absolute Gasteiger partial charge is 0.235 e. The highest BCUT2D eigenvalue weighted by molar-refractivity contribution is 7.99. The van der Waals surface area contributed by atoms with E-state index in [0.29, 0.717) is 6.54 Å². The highest BCUT2D eigenvalue weighted by Crippen LogP contribution is 2.19. The van der Waals surface area contributed by atoms with Gasteiger partial charge in [-0.1, -0.05) is 49.0 Å². The number of thioether (sulfide) groups is 1. The third-order valence-electron chi connectivity index (χ3n) is 3.84. The summed E-state index contributed by atoms with van der Waals surface area (Å²) in [6.07, 6.45) is 2.65. The Hall–Kier alpha value is -2.61. The van der Waals surface area contributed by atoms with Gasteiger partial charge in [-0.15, -0.1) is 10.2 Å². The lowest BCUT2D eigenvalue weighted by molar-refractivity contribution is -0.113. The van der Waals surface area contributed by atoms with Crippen molar-refractivity contribution in [3.05, 3.63) is 54.0 Å². The molecule has 0 aliphatic heterocycles. The minimum atomic E-state index is -0.0835. The van der Waals surface area contributed by atoms with E-state index in [1.165, 1.54) is 17.3 Å². The monoisotopic (exact) mass is 370 g/mol. The second-order valence-electron chi connectivity index (χ2n) is 5.88. The van der Waals surface area contributed by atoms with E-state index in [4.69, 9.17) is 0 Å². The summed E-state index contributed by atoms with van der Waals surface area (Å²) in [5.41, 5.74) is 1.17. The summed E-state index contributed by atoms with van der Waals surface area (Å²) < 4.78 is 3.82. The van der Waals surface area contributed by atoms with Crippen molar-refractivity contribution >= 4 is 23.5 Å². The first kappa shape index (κ1) is 18.2. The summed E-state index contributed by atoms with van der Waals surface area (Å²) in [6, 6.07) is 11.9. The van der Waals surface area contributed by atoms with Crippen molar-refractivity contribution in [3.63, 3.8) is 0 Å². The molecule has 3 rings (SSSR count). The van der Waals surface area contributed by atoms with Crippen LogP contribution in [0.1, 0.15) is 24.7 Å². The second-order valence-corrected chi connectivity index (χ2v) is 6.82. The molecule has 2 aromatic heterocycles. The molecule has 0 radical (unpaired) electrons. The second kappa shape index (κ2) is 8.66. The van der Waals surface area contributed by atoms with E-state index >= 15 is 0 Å². The van der Waals surface area contributed by atoms with Gasteiger partial charge in [-0.25, -0.2) is 4.68 Å². The molecule has 1 amide bonds. The largest absolute Gasteiger partial charge is 0.310 e. The average Bonchev–Trinajstić information content (AvgIpc) is 3.22. The molecule has 7 nitrogen and oxygen atoms in total. The van der Waals surface area contributed by atoms with Crippen LogP contribution >= 0.6 is 11.8 Å². The molecule has 8 heteroatoms. The van der Waals surface area contributed by atoms with Crippen molar-refractivity contribution in [1.29, 1.82) is 0 Å². The molecule has 2 heterocycles. The number of nitrogens with zero attached hydrogens (tertiary/aromatic N) is 5. The molecule has 0 fully saturated rings. The van der Waals surface area contributed by atoms with Crippen LogP contribution in [0.2, 0.25) is 0 Å². The minimum absolute atomic E-state index is 0.0835. The zero-order chi connectivity index (χ0) is 18.4. The molecule has 0 aliphatic carbocycles.